The molecule has 2 atom stereocenters. The number of ketones is 1. The van der Waals surface area contributed by atoms with Crippen molar-refractivity contribution < 1.29 is 28.2 Å². The maximum absolute atomic E-state index is 13.4. The van der Waals surface area contributed by atoms with Gasteiger partial charge in [0.25, 0.3) is 5.91 Å². The summed E-state index contributed by atoms with van der Waals surface area (Å²) in [6.45, 7) is 2.55. The van der Waals surface area contributed by atoms with Gasteiger partial charge in [-0.1, -0.05) is 12.1 Å². The van der Waals surface area contributed by atoms with Gasteiger partial charge in [-0.2, -0.15) is 0 Å². The van der Waals surface area contributed by atoms with E-state index in [2.05, 4.69) is 0 Å². The average molecular weight is 385 g/mol. The molecule has 0 saturated carbocycles. The molecule has 3 heterocycles. The largest absolute Gasteiger partial charge is 0.503 e. The van der Waals surface area contributed by atoms with Crippen molar-refractivity contribution in [2.24, 2.45) is 0 Å². The lowest BCUT2D eigenvalue weighted by Crippen LogP contribution is -2.37. The number of hydrogen-bond donors (Lipinski definition) is 1. The Balaban J connectivity index is 1.75. The number of nitrogens with zero attached hydrogens (tertiary/aromatic N) is 1. The summed E-state index contributed by atoms with van der Waals surface area (Å²) in [5, 5.41) is 10.5. The monoisotopic (exact) mass is 385 g/mol. The van der Waals surface area contributed by atoms with Gasteiger partial charge in [0, 0.05) is 13.2 Å². The summed E-state index contributed by atoms with van der Waals surface area (Å²) in [5.41, 5.74) is 0.465. The van der Waals surface area contributed by atoms with Crippen molar-refractivity contribution in [3.05, 3.63) is 70.6 Å². The number of Topliss-reactive ketones (excluding diaryl/α,β-unsaturated/α-hetero) is 1. The Morgan fingerprint density at radius 1 is 1.25 bits per heavy atom. The molecule has 146 valence electrons. The van der Waals surface area contributed by atoms with Gasteiger partial charge in [0.05, 0.1) is 17.7 Å². The lowest BCUT2D eigenvalue weighted by Gasteiger charge is -2.28. The number of aryl methyl sites for hydroxylation is 1. The van der Waals surface area contributed by atoms with Crippen molar-refractivity contribution in [2.75, 3.05) is 13.2 Å². The number of aliphatic hydroxyl groups is 1. The number of aliphatic hydroxyl groups excluding tert-OH is 1. The summed E-state index contributed by atoms with van der Waals surface area (Å²) < 4.78 is 24.5. The van der Waals surface area contributed by atoms with Crippen LogP contribution in [0.5, 0.6) is 0 Å². The minimum Gasteiger partial charge on any atom is -0.503 e. The van der Waals surface area contributed by atoms with Crippen LogP contribution in [0.3, 0.4) is 0 Å². The predicted molar refractivity (Wildman–Crippen MR) is 97.3 cm³/mol. The molecule has 0 aliphatic carbocycles. The fourth-order valence-corrected chi connectivity index (χ4v) is 3.76. The fourth-order valence-electron chi connectivity index (χ4n) is 3.76. The SMILES string of the molecule is Cc1ccc(C(=O)C2=C(O)C(=O)N(C[C@@H]3CCCO3)[C@@H]2c2ccc(F)cc2)o1. The third kappa shape index (κ3) is 3.22. The quantitative estimate of drug-likeness (QED) is 0.797. The minimum atomic E-state index is -0.838. The van der Waals surface area contributed by atoms with Crippen molar-refractivity contribution in [2.45, 2.75) is 31.9 Å². The molecule has 0 radical (unpaired) electrons. The first-order valence-corrected chi connectivity index (χ1v) is 9.18. The van der Waals surface area contributed by atoms with Crippen molar-refractivity contribution >= 4 is 11.7 Å². The van der Waals surface area contributed by atoms with E-state index in [0.717, 1.165) is 12.8 Å². The van der Waals surface area contributed by atoms with Gasteiger partial charge in [-0.05, 0) is 49.6 Å². The molecule has 0 spiro atoms. The topological polar surface area (TPSA) is 80.0 Å². The van der Waals surface area contributed by atoms with E-state index in [0.29, 0.717) is 17.9 Å². The lowest BCUT2D eigenvalue weighted by atomic mass is 9.95. The molecule has 0 unspecified atom stereocenters. The van der Waals surface area contributed by atoms with Crippen LogP contribution in [-0.4, -0.2) is 41.0 Å². The van der Waals surface area contributed by atoms with E-state index in [4.69, 9.17) is 9.15 Å². The predicted octanol–water partition coefficient (Wildman–Crippen LogP) is 3.48. The van der Waals surface area contributed by atoms with E-state index < -0.39 is 29.3 Å². The standard InChI is InChI=1S/C21H20FNO5/c1-12-4-9-16(28-12)19(24)17-18(13-5-7-14(22)8-6-13)23(21(26)20(17)25)11-15-3-2-10-27-15/h4-9,15,18,25H,2-3,10-11H2,1H3/t15-,18+/m0/s1. The molecular formula is C21H20FNO5. The van der Waals surface area contributed by atoms with Crippen molar-refractivity contribution in [3.8, 4) is 0 Å². The fraction of sp³-hybridized carbons (Fsp3) is 0.333. The molecule has 7 heteroatoms. The number of hydrogen-bond acceptors (Lipinski definition) is 5. The molecule has 1 aromatic carbocycles. The number of carbonyl (C=O) groups excluding carboxylic acids is 2. The second-order valence-electron chi connectivity index (χ2n) is 7.05. The summed E-state index contributed by atoms with van der Waals surface area (Å²) in [7, 11) is 0. The number of rotatable bonds is 5. The van der Waals surface area contributed by atoms with Crippen molar-refractivity contribution in [3.63, 3.8) is 0 Å². The van der Waals surface area contributed by atoms with Crippen molar-refractivity contribution in [1.82, 2.24) is 4.90 Å². The van der Waals surface area contributed by atoms with Gasteiger partial charge in [0.1, 0.15) is 11.6 Å². The number of halogens is 1. The Hall–Kier alpha value is -2.93. The zero-order valence-corrected chi connectivity index (χ0v) is 15.4. The molecule has 2 aliphatic heterocycles. The molecule has 6 nitrogen and oxygen atoms in total. The summed E-state index contributed by atoms with van der Waals surface area (Å²) in [6.07, 6.45) is 1.52. The normalized spacial score (nSPS) is 22.4. The molecule has 28 heavy (non-hydrogen) atoms. The Kier molecular flexibility index (Phi) is 4.77. The molecule has 4 rings (SSSR count). The van der Waals surface area contributed by atoms with E-state index >= 15 is 0 Å². The first-order chi connectivity index (χ1) is 13.5. The highest BCUT2D eigenvalue weighted by atomic mass is 19.1. The molecule has 1 amide bonds. The van der Waals surface area contributed by atoms with Gasteiger partial charge in [-0.25, -0.2) is 4.39 Å². The minimum absolute atomic E-state index is 0.0397. The van der Waals surface area contributed by atoms with Crippen LogP contribution in [0.2, 0.25) is 0 Å². The molecule has 0 bridgehead atoms. The Labute approximate surface area is 161 Å². The van der Waals surface area contributed by atoms with Gasteiger partial charge < -0.3 is 19.2 Å². The molecule has 2 aliphatic rings. The van der Waals surface area contributed by atoms with E-state index in [9.17, 15) is 19.1 Å². The Morgan fingerprint density at radius 2 is 2.00 bits per heavy atom. The van der Waals surface area contributed by atoms with E-state index in [1.165, 1.54) is 35.2 Å². The zero-order chi connectivity index (χ0) is 19.8. The van der Waals surface area contributed by atoms with E-state index in [1.807, 2.05) is 0 Å². The van der Waals surface area contributed by atoms with E-state index in [-0.39, 0.29) is 24.0 Å². The number of carbonyl (C=O) groups is 2. The number of furan rings is 1. The lowest BCUT2D eigenvalue weighted by molar-refractivity contribution is -0.131. The Bertz CT molecular complexity index is 940. The van der Waals surface area contributed by atoms with Gasteiger partial charge in [-0.15, -0.1) is 0 Å². The molecule has 1 saturated heterocycles. The third-order valence-corrected chi connectivity index (χ3v) is 5.12. The van der Waals surface area contributed by atoms with Crippen molar-refractivity contribution in [1.29, 1.82) is 0 Å². The molecular weight excluding hydrogens is 365 g/mol. The number of amides is 1. The highest BCUT2D eigenvalue weighted by Crippen LogP contribution is 2.39. The molecule has 1 fully saturated rings. The van der Waals surface area contributed by atoms with Crippen LogP contribution in [0.15, 0.2) is 52.1 Å². The second-order valence-corrected chi connectivity index (χ2v) is 7.05. The zero-order valence-electron chi connectivity index (χ0n) is 15.4. The summed E-state index contributed by atoms with van der Waals surface area (Å²) in [6, 6.07) is 7.85. The highest BCUT2D eigenvalue weighted by Gasteiger charge is 2.45. The summed E-state index contributed by atoms with van der Waals surface area (Å²) in [5.74, 6) is -1.66. The highest BCUT2D eigenvalue weighted by molar-refractivity contribution is 6.15. The van der Waals surface area contributed by atoms with E-state index in [1.54, 1.807) is 13.0 Å². The second kappa shape index (κ2) is 7.24. The maximum Gasteiger partial charge on any atom is 0.290 e. The smallest absolute Gasteiger partial charge is 0.290 e. The van der Waals surface area contributed by atoms with Crippen LogP contribution >= 0.6 is 0 Å². The van der Waals surface area contributed by atoms with Crippen LogP contribution < -0.4 is 0 Å². The van der Waals surface area contributed by atoms with Gasteiger partial charge >= 0.3 is 0 Å². The van der Waals surface area contributed by atoms with Crippen LogP contribution in [0.25, 0.3) is 0 Å². The summed E-state index contributed by atoms with van der Waals surface area (Å²) >= 11 is 0. The maximum atomic E-state index is 13.4. The molecule has 1 aromatic heterocycles. The molecule has 1 N–H and O–H groups in total. The Morgan fingerprint density at radius 3 is 2.61 bits per heavy atom. The first kappa shape index (κ1) is 18.4. The van der Waals surface area contributed by atoms with Crippen LogP contribution in [0.1, 0.15) is 40.8 Å². The van der Waals surface area contributed by atoms with Crippen LogP contribution in [0, 0.1) is 12.7 Å². The third-order valence-electron chi connectivity index (χ3n) is 5.12. The van der Waals surface area contributed by atoms with Gasteiger partial charge in [-0.3, -0.25) is 9.59 Å². The summed E-state index contributed by atoms with van der Waals surface area (Å²) in [4.78, 5) is 27.3. The van der Waals surface area contributed by atoms with Gasteiger partial charge in [0.2, 0.25) is 5.78 Å². The van der Waals surface area contributed by atoms with Crippen LogP contribution in [0.4, 0.5) is 4.39 Å². The van der Waals surface area contributed by atoms with Crippen LogP contribution in [-0.2, 0) is 9.53 Å². The molecule has 2 aromatic rings. The van der Waals surface area contributed by atoms with Gasteiger partial charge in [0.15, 0.2) is 11.5 Å². The average Bonchev–Trinajstić information content (AvgIpc) is 3.40. The first-order valence-electron chi connectivity index (χ1n) is 9.18. The number of benzene rings is 1. The number of ether oxygens (including phenoxy) is 1.